The molecule has 1 heterocycles. The third kappa shape index (κ3) is 6.03. The van der Waals surface area contributed by atoms with Gasteiger partial charge < -0.3 is 0 Å². The quantitative estimate of drug-likeness (QED) is 0.317. The van der Waals surface area contributed by atoms with Gasteiger partial charge in [0.15, 0.2) is 0 Å². The summed E-state index contributed by atoms with van der Waals surface area (Å²) >= 11 is 0. The summed E-state index contributed by atoms with van der Waals surface area (Å²) < 4.78 is 0. The fourth-order valence-electron chi connectivity index (χ4n) is 4.64. The number of hydrogen-bond acceptors (Lipinski definition) is 2. The van der Waals surface area contributed by atoms with Crippen molar-refractivity contribution in [2.75, 3.05) is 0 Å². The molecule has 2 atom stereocenters. The third-order valence-electron chi connectivity index (χ3n) is 7.10. The van der Waals surface area contributed by atoms with Crippen LogP contribution in [0, 0.1) is 0 Å². The van der Waals surface area contributed by atoms with Gasteiger partial charge in [-0.25, -0.2) is 4.98 Å². The highest BCUT2D eigenvalue weighted by Gasteiger charge is 2.28. The van der Waals surface area contributed by atoms with Gasteiger partial charge in [-0.05, 0) is 48.8 Å². The lowest BCUT2D eigenvalue weighted by Gasteiger charge is -2.31. The average Bonchev–Trinajstić information content (AvgIpc) is 2.74. The topological polar surface area (TPSA) is 25.8 Å². The van der Waals surface area contributed by atoms with E-state index in [1.165, 1.54) is 75.5 Å². The van der Waals surface area contributed by atoms with E-state index < -0.39 is 0 Å². The number of benzene rings is 1. The summed E-state index contributed by atoms with van der Waals surface area (Å²) in [4.78, 5) is 9.98. The van der Waals surface area contributed by atoms with Gasteiger partial charge in [0.25, 0.3) is 0 Å². The van der Waals surface area contributed by atoms with E-state index in [0.717, 1.165) is 17.5 Å². The lowest BCUT2D eigenvalue weighted by Crippen LogP contribution is -2.23. The largest absolute Gasteiger partial charge is 0.253 e. The molecule has 0 N–H and O–H groups in total. The van der Waals surface area contributed by atoms with Gasteiger partial charge in [0.2, 0.25) is 0 Å². The first-order valence-corrected chi connectivity index (χ1v) is 12.2. The minimum atomic E-state index is 0.130. The number of nitrogens with zero attached hydrogens (tertiary/aromatic N) is 2. The maximum Gasteiger partial charge on any atom is 0.0890 e. The minimum Gasteiger partial charge on any atom is -0.253 e. The molecule has 0 saturated heterocycles. The van der Waals surface area contributed by atoms with Crippen molar-refractivity contribution in [3.8, 4) is 0 Å². The van der Waals surface area contributed by atoms with Gasteiger partial charge in [-0.15, -0.1) is 0 Å². The Morgan fingerprint density at radius 2 is 1.45 bits per heavy atom. The Hall–Kier alpha value is -1.44. The van der Waals surface area contributed by atoms with Crippen LogP contribution in [0.4, 0.5) is 0 Å². The molecule has 0 spiro atoms. The predicted molar refractivity (Wildman–Crippen MR) is 128 cm³/mol. The van der Waals surface area contributed by atoms with Gasteiger partial charge in [-0.3, -0.25) is 4.98 Å². The fraction of sp³-hybridized carbons (Fsp3) is 0.704. The van der Waals surface area contributed by atoms with Crippen LogP contribution in [0.5, 0.6) is 0 Å². The van der Waals surface area contributed by atoms with Gasteiger partial charge in [-0.2, -0.15) is 0 Å². The van der Waals surface area contributed by atoms with Crippen molar-refractivity contribution in [1.29, 1.82) is 0 Å². The first-order chi connectivity index (χ1) is 13.9. The van der Waals surface area contributed by atoms with Crippen LogP contribution in [0.2, 0.25) is 0 Å². The van der Waals surface area contributed by atoms with E-state index in [4.69, 9.17) is 9.97 Å². The molecule has 0 radical (unpaired) electrons. The van der Waals surface area contributed by atoms with Crippen molar-refractivity contribution in [3.05, 3.63) is 35.7 Å². The summed E-state index contributed by atoms with van der Waals surface area (Å²) in [5.41, 5.74) is 5.07. The van der Waals surface area contributed by atoms with E-state index in [1.807, 2.05) is 0 Å². The Labute approximate surface area is 179 Å². The van der Waals surface area contributed by atoms with Gasteiger partial charge in [0.05, 0.1) is 16.7 Å². The number of fused-ring (bicyclic) bond motifs is 1. The Bertz CT molecular complexity index is 753. The van der Waals surface area contributed by atoms with E-state index in [9.17, 15) is 0 Å². The summed E-state index contributed by atoms with van der Waals surface area (Å²) in [6.07, 6.45) is 15.8. The summed E-state index contributed by atoms with van der Waals surface area (Å²) in [7, 11) is 0. The molecule has 0 bridgehead atoms. The molecule has 2 aromatic rings. The molecule has 2 unspecified atom stereocenters. The first-order valence-electron chi connectivity index (χ1n) is 12.2. The molecule has 0 fully saturated rings. The Kier molecular flexibility index (Phi) is 9.11. The molecular weight excluding hydrogens is 352 g/mol. The van der Waals surface area contributed by atoms with Crippen LogP contribution in [-0.2, 0) is 10.8 Å². The van der Waals surface area contributed by atoms with Crippen LogP contribution >= 0.6 is 0 Å². The highest BCUT2D eigenvalue weighted by Crippen LogP contribution is 2.36. The van der Waals surface area contributed by atoms with E-state index >= 15 is 0 Å². The van der Waals surface area contributed by atoms with E-state index in [2.05, 4.69) is 65.9 Å². The zero-order valence-corrected chi connectivity index (χ0v) is 20.0. The van der Waals surface area contributed by atoms with Gasteiger partial charge in [0, 0.05) is 11.6 Å². The second-order valence-electron chi connectivity index (χ2n) is 9.60. The van der Waals surface area contributed by atoms with Crippen molar-refractivity contribution >= 4 is 11.0 Å². The van der Waals surface area contributed by atoms with Crippen LogP contribution in [0.15, 0.2) is 24.4 Å². The van der Waals surface area contributed by atoms with E-state index in [0.29, 0.717) is 0 Å². The van der Waals surface area contributed by atoms with Crippen molar-refractivity contribution in [1.82, 2.24) is 9.97 Å². The summed E-state index contributed by atoms with van der Waals surface area (Å²) in [5, 5.41) is 0. The van der Waals surface area contributed by atoms with Crippen molar-refractivity contribution in [3.63, 3.8) is 0 Å². The van der Waals surface area contributed by atoms with Crippen molar-refractivity contribution in [2.45, 2.75) is 123 Å². The second-order valence-corrected chi connectivity index (χ2v) is 9.60. The van der Waals surface area contributed by atoms with Crippen LogP contribution in [0.3, 0.4) is 0 Å². The lowest BCUT2D eigenvalue weighted by molar-refractivity contribution is 0.382. The zero-order valence-electron chi connectivity index (χ0n) is 20.0. The SMILES string of the molecule is CCCCCCC(C)(CC)c1cnc2cc(C(C)(CCC)CCCC)ccc2n1. The third-order valence-corrected chi connectivity index (χ3v) is 7.10. The molecule has 2 heteroatoms. The summed E-state index contributed by atoms with van der Waals surface area (Å²) in [6.45, 7) is 13.9. The number of hydrogen-bond donors (Lipinski definition) is 0. The normalized spacial score (nSPS) is 15.9. The van der Waals surface area contributed by atoms with Crippen LogP contribution in [0.1, 0.15) is 123 Å². The number of aromatic nitrogens is 2. The Morgan fingerprint density at radius 1 is 0.724 bits per heavy atom. The molecule has 1 aromatic carbocycles. The van der Waals surface area contributed by atoms with E-state index in [1.54, 1.807) is 0 Å². The van der Waals surface area contributed by atoms with Crippen LogP contribution in [0.25, 0.3) is 11.0 Å². The molecule has 2 nitrogen and oxygen atoms in total. The molecular formula is C27H44N2. The summed E-state index contributed by atoms with van der Waals surface area (Å²) in [6, 6.07) is 6.84. The highest BCUT2D eigenvalue weighted by atomic mass is 14.8. The summed E-state index contributed by atoms with van der Waals surface area (Å²) in [5.74, 6) is 0. The molecule has 0 amide bonds. The first kappa shape index (κ1) is 23.8. The molecule has 1 aromatic heterocycles. The molecule has 0 saturated carbocycles. The predicted octanol–water partition coefficient (Wildman–Crippen LogP) is 8.52. The highest BCUT2D eigenvalue weighted by molar-refractivity contribution is 5.75. The maximum absolute atomic E-state index is 5.09. The zero-order chi connectivity index (χ0) is 21.3. The molecule has 0 aliphatic rings. The molecule has 0 aliphatic heterocycles. The van der Waals surface area contributed by atoms with Crippen molar-refractivity contribution < 1.29 is 0 Å². The lowest BCUT2D eigenvalue weighted by atomic mass is 9.75. The Balaban J connectivity index is 2.29. The number of unbranched alkanes of at least 4 members (excludes halogenated alkanes) is 4. The fourth-order valence-corrected chi connectivity index (χ4v) is 4.64. The number of rotatable bonds is 13. The molecule has 0 aliphatic carbocycles. The van der Waals surface area contributed by atoms with E-state index in [-0.39, 0.29) is 10.8 Å². The molecule has 29 heavy (non-hydrogen) atoms. The average molecular weight is 397 g/mol. The molecule has 162 valence electrons. The Morgan fingerprint density at radius 3 is 2.10 bits per heavy atom. The van der Waals surface area contributed by atoms with Crippen molar-refractivity contribution in [2.24, 2.45) is 0 Å². The minimum absolute atomic E-state index is 0.130. The maximum atomic E-state index is 5.09. The van der Waals surface area contributed by atoms with Gasteiger partial charge in [0.1, 0.15) is 0 Å². The van der Waals surface area contributed by atoms with Gasteiger partial charge in [-0.1, -0.05) is 92.6 Å². The van der Waals surface area contributed by atoms with Crippen LogP contribution in [-0.4, -0.2) is 9.97 Å². The van der Waals surface area contributed by atoms with Crippen LogP contribution < -0.4 is 0 Å². The standard InChI is InChI=1S/C27H44N2/c1-7-11-13-14-19-26(5,10-4)25-21-28-24-20-22(15-16-23(24)29-25)27(6,17-9-3)18-12-8-2/h15-16,20-21H,7-14,17-19H2,1-6H3. The van der Waals surface area contributed by atoms with Gasteiger partial charge >= 0.3 is 0 Å². The second kappa shape index (κ2) is 11.1. The molecule has 2 rings (SSSR count). The smallest absolute Gasteiger partial charge is 0.0890 e. The monoisotopic (exact) mass is 396 g/mol.